The lowest BCUT2D eigenvalue weighted by Gasteiger charge is -2.35. The molecule has 0 bridgehead atoms. The number of rotatable bonds is 6. The van der Waals surface area contributed by atoms with Crippen molar-refractivity contribution in [3.05, 3.63) is 53.8 Å². The summed E-state index contributed by atoms with van der Waals surface area (Å²) in [6, 6.07) is 9.11. The zero-order chi connectivity index (χ0) is 23.7. The Morgan fingerprint density at radius 1 is 1.19 bits per heavy atom. The van der Waals surface area contributed by atoms with Crippen LogP contribution in [-0.2, 0) is 30.8 Å². The van der Waals surface area contributed by atoms with Crippen LogP contribution in [0.15, 0.2) is 47.4 Å². The number of carbonyl (C=O) groups is 2. The molecule has 32 heavy (non-hydrogen) atoms. The third kappa shape index (κ3) is 5.56. The third-order valence-electron chi connectivity index (χ3n) is 4.55. The van der Waals surface area contributed by atoms with Gasteiger partial charge in [-0.05, 0) is 62.7 Å². The molecule has 2 aromatic rings. The molecule has 1 aliphatic rings. The van der Waals surface area contributed by atoms with Gasteiger partial charge in [0.1, 0.15) is 23.3 Å². The number of esters is 1. The fourth-order valence-corrected chi connectivity index (χ4v) is 4.80. The van der Waals surface area contributed by atoms with E-state index in [4.69, 9.17) is 15.2 Å². The van der Waals surface area contributed by atoms with E-state index in [2.05, 4.69) is 0 Å². The standard InChI is InChI=1S/C22H25FN2O6S/c1-22(2,3)31-21(27)11-14-4-9-19-18(10-14)25(13-16(30-19)12-20(24)26)32(28,29)17-7-5-15(23)6-8-17/h4-10,16H,11-13H2,1-3H3,(H2,24,26)/t16-/m0/s1. The van der Waals surface area contributed by atoms with Crippen LogP contribution < -0.4 is 14.8 Å². The van der Waals surface area contributed by atoms with Gasteiger partial charge in [0.05, 0.1) is 30.0 Å². The van der Waals surface area contributed by atoms with Gasteiger partial charge in [-0.25, -0.2) is 12.8 Å². The summed E-state index contributed by atoms with van der Waals surface area (Å²) in [4.78, 5) is 23.5. The Balaban J connectivity index is 2.00. The third-order valence-corrected chi connectivity index (χ3v) is 6.35. The fraction of sp³-hybridized carbons (Fsp3) is 0.364. The monoisotopic (exact) mass is 464 g/mol. The molecule has 1 aliphatic heterocycles. The van der Waals surface area contributed by atoms with Gasteiger partial charge in [0, 0.05) is 0 Å². The molecule has 0 radical (unpaired) electrons. The van der Waals surface area contributed by atoms with Crippen LogP contribution >= 0.6 is 0 Å². The van der Waals surface area contributed by atoms with Crippen molar-refractivity contribution in [2.45, 2.75) is 50.2 Å². The van der Waals surface area contributed by atoms with Crippen molar-refractivity contribution in [3.63, 3.8) is 0 Å². The molecule has 172 valence electrons. The van der Waals surface area contributed by atoms with Gasteiger partial charge in [-0.15, -0.1) is 0 Å². The van der Waals surface area contributed by atoms with Crippen LogP contribution in [-0.4, -0.2) is 38.5 Å². The van der Waals surface area contributed by atoms with Crippen molar-refractivity contribution in [1.82, 2.24) is 0 Å². The van der Waals surface area contributed by atoms with E-state index in [-0.39, 0.29) is 35.7 Å². The van der Waals surface area contributed by atoms with Gasteiger partial charge < -0.3 is 15.2 Å². The first-order valence-electron chi connectivity index (χ1n) is 9.93. The number of amides is 1. The fourth-order valence-electron chi connectivity index (χ4n) is 3.30. The second-order valence-corrected chi connectivity index (χ2v) is 10.3. The van der Waals surface area contributed by atoms with Crippen LogP contribution in [0.2, 0.25) is 0 Å². The lowest BCUT2D eigenvalue weighted by atomic mass is 10.1. The van der Waals surface area contributed by atoms with Crippen molar-refractivity contribution in [3.8, 4) is 5.75 Å². The summed E-state index contributed by atoms with van der Waals surface area (Å²) in [5.74, 6) is -1.45. The largest absolute Gasteiger partial charge is 0.486 e. The second-order valence-electron chi connectivity index (χ2n) is 8.47. The van der Waals surface area contributed by atoms with Gasteiger partial charge in [-0.2, -0.15) is 0 Å². The lowest BCUT2D eigenvalue weighted by Crippen LogP contribution is -2.45. The molecule has 8 nitrogen and oxygen atoms in total. The molecule has 10 heteroatoms. The maximum absolute atomic E-state index is 13.4. The van der Waals surface area contributed by atoms with Gasteiger partial charge in [-0.3, -0.25) is 13.9 Å². The van der Waals surface area contributed by atoms with E-state index < -0.39 is 39.4 Å². The number of primary amides is 1. The van der Waals surface area contributed by atoms with Gasteiger partial charge in [0.25, 0.3) is 10.0 Å². The molecule has 0 spiro atoms. The minimum Gasteiger partial charge on any atom is -0.486 e. The number of nitrogens with two attached hydrogens (primary N) is 1. The molecule has 2 N–H and O–H groups in total. The molecule has 1 heterocycles. The predicted octanol–water partition coefficient (Wildman–Crippen LogP) is 2.54. The van der Waals surface area contributed by atoms with Crippen molar-refractivity contribution in [2.75, 3.05) is 10.8 Å². The lowest BCUT2D eigenvalue weighted by molar-refractivity contribution is -0.153. The smallest absolute Gasteiger partial charge is 0.310 e. The minimum absolute atomic E-state index is 0.0697. The second kappa shape index (κ2) is 8.78. The van der Waals surface area contributed by atoms with Crippen molar-refractivity contribution < 1.29 is 31.9 Å². The Labute approximate surface area is 186 Å². The maximum Gasteiger partial charge on any atom is 0.310 e. The van der Waals surface area contributed by atoms with Gasteiger partial charge >= 0.3 is 5.97 Å². The number of hydrogen-bond donors (Lipinski definition) is 1. The highest BCUT2D eigenvalue weighted by Crippen LogP contribution is 2.38. The number of fused-ring (bicyclic) bond motifs is 1. The molecule has 0 saturated carbocycles. The quantitative estimate of drug-likeness (QED) is 0.657. The van der Waals surface area contributed by atoms with Crippen LogP contribution in [0.4, 0.5) is 10.1 Å². The molecule has 0 fully saturated rings. The Hall–Kier alpha value is -3.14. The first kappa shape index (κ1) is 23.5. The van der Waals surface area contributed by atoms with E-state index in [1.54, 1.807) is 26.8 Å². The average Bonchev–Trinajstić information content (AvgIpc) is 2.66. The number of halogens is 1. The first-order valence-corrected chi connectivity index (χ1v) is 11.4. The molecular weight excluding hydrogens is 439 g/mol. The highest BCUT2D eigenvalue weighted by atomic mass is 32.2. The first-order chi connectivity index (χ1) is 14.8. The number of ether oxygens (including phenoxy) is 2. The summed E-state index contributed by atoms with van der Waals surface area (Å²) in [6.07, 6.45) is -1.05. The summed E-state index contributed by atoms with van der Waals surface area (Å²) in [6.45, 7) is 5.08. The summed E-state index contributed by atoms with van der Waals surface area (Å²) in [5, 5.41) is 0. The number of carbonyl (C=O) groups excluding carboxylic acids is 2. The number of anilines is 1. The molecule has 0 saturated heterocycles. The summed E-state index contributed by atoms with van der Waals surface area (Å²) in [5.41, 5.74) is 5.34. The van der Waals surface area contributed by atoms with Gasteiger partial charge in [0.15, 0.2) is 0 Å². The number of hydrogen-bond acceptors (Lipinski definition) is 6. The maximum atomic E-state index is 13.4. The van der Waals surface area contributed by atoms with Crippen LogP contribution in [0.25, 0.3) is 0 Å². The van der Waals surface area contributed by atoms with Crippen LogP contribution in [0.1, 0.15) is 32.8 Å². The molecule has 1 amide bonds. The Bertz CT molecular complexity index is 1130. The van der Waals surface area contributed by atoms with E-state index in [0.717, 1.165) is 28.6 Å². The molecule has 3 rings (SSSR count). The molecule has 2 aromatic carbocycles. The van der Waals surface area contributed by atoms with Gasteiger partial charge in [-0.1, -0.05) is 6.07 Å². The Morgan fingerprint density at radius 2 is 1.84 bits per heavy atom. The summed E-state index contributed by atoms with van der Waals surface area (Å²) in [7, 11) is -4.12. The van der Waals surface area contributed by atoms with Crippen LogP contribution in [0.3, 0.4) is 0 Å². The number of benzene rings is 2. The van der Waals surface area contributed by atoms with Crippen molar-refractivity contribution in [1.29, 1.82) is 0 Å². The van der Waals surface area contributed by atoms with E-state index in [1.807, 2.05) is 0 Å². The van der Waals surface area contributed by atoms with Crippen LogP contribution in [0, 0.1) is 5.82 Å². The molecular formula is C22H25FN2O6S. The summed E-state index contributed by atoms with van der Waals surface area (Å²) >= 11 is 0. The Kier molecular flexibility index (Phi) is 6.45. The summed E-state index contributed by atoms with van der Waals surface area (Å²) < 4.78 is 52.2. The molecule has 0 aromatic heterocycles. The van der Waals surface area contributed by atoms with E-state index in [1.165, 1.54) is 12.1 Å². The highest BCUT2D eigenvalue weighted by molar-refractivity contribution is 7.92. The SMILES string of the molecule is CC(C)(C)OC(=O)Cc1ccc2c(c1)N(S(=O)(=O)c1ccc(F)cc1)C[C@H](CC(N)=O)O2. The van der Waals surface area contributed by atoms with Crippen LogP contribution in [0.5, 0.6) is 5.75 Å². The Morgan fingerprint density at radius 3 is 2.44 bits per heavy atom. The van der Waals surface area contributed by atoms with E-state index in [9.17, 15) is 22.4 Å². The average molecular weight is 465 g/mol. The number of nitrogens with zero attached hydrogens (tertiary/aromatic N) is 1. The normalized spacial score (nSPS) is 16.1. The highest BCUT2D eigenvalue weighted by Gasteiger charge is 2.35. The van der Waals surface area contributed by atoms with Gasteiger partial charge in [0.2, 0.25) is 5.91 Å². The van der Waals surface area contributed by atoms with Crippen molar-refractivity contribution >= 4 is 27.6 Å². The number of sulfonamides is 1. The molecule has 1 atom stereocenters. The molecule has 0 aliphatic carbocycles. The van der Waals surface area contributed by atoms with E-state index >= 15 is 0 Å². The van der Waals surface area contributed by atoms with E-state index in [0.29, 0.717) is 5.56 Å². The topological polar surface area (TPSA) is 116 Å². The molecule has 0 unspecified atom stereocenters. The zero-order valence-corrected chi connectivity index (χ0v) is 18.8. The van der Waals surface area contributed by atoms with Crippen molar-refractivity contribution in [2.24, 2.45) is 5.73 Å². The minimum atomic E-state index is -4.12. The predicted molar refractivity (Wildman–Crippen MR) is 115 cm³/mol. The zero-order valence-electron chi connectivity index (χ0n) is 18.0.